The summed E-state index contributed by atoms with van der Waals surface area (Å²) in [5, 5.41) is 11.9. The maximum Gasteiger partial charge on any atom is 0.295 e. The van der Waals surface area contributed by atoms with Gasteiger partial charge in [0.15, 0.2) is 5.58 Å². The molecular formula is C16H19N5O. The molecular weight excluding hydrogens is 278 g/mol. The van der Waals surface area contributed by atoms with E-state index in [1.54, 1.807) is 0 Å². The molecule has 1 N–H and O–H groups in total. The van der Waals surface area contributed by atoms with Gasteiger partial charge in [-0.2, -0.15) is 4.98 Å². The Morgan fingerprint density at radius 2 is 2.23 bits per heavy atom. The summed E-state index contributed by atoms with van der Waals surface area (Å²) < 4.78 is 7.97. The Labute approximate surface area is 128 Å². The highest BCUT2D eigenvalue weighted by atomic mass is 16.4. The van der Waals surface area contributed by atoms with Crippen molar-refractivity contribution in [2.24, 2.45) is 5.92 Å². The SMILES string of the molecule is CCc1nnc2n1C[C@H](CNc1nc3ccccc3o1)CC2. The topological polar surface area (TPSA) is 68.8 Å². The van der Waals surface area contributed by atoms with Crippen molar-refractivity contribution in [1.29, 1.82) is 0 Å². The zero-order valence-electron chi connectivity index (χ0n) is 12.6. The second-order valence-corrected chi connectivity index (χ2v) is 5.77. The van der Waals surface area contributed by atoms with E-state index in [1.807, 2.05) is 24.3 Å². The Balaban J connectivity index is 1.44. The molecule has 1 aromatic carbocycles. The van der Waals surface area contributed by atoms with Gasteiger partial charge >= 0.3 is 0 Å². The van der Waals surface area contributed by atoms with Gasteiger partial charge in [0, 0.05) is 25.9 Å². The number of hydrogen-bond donors (Lipinski definition) is 1. The molecule has 0 bridgehead atoms. The Bertz CT molecular complexity index is 744. The van der Waals surface area contributed by atoms with Crippen molar-refractivity contribution in [3.05, 3.63) is 35.9 Å². The molecule has 0 saturated heterocycles. The summed E-state index contributed by atoms with van der Waals surface area (Å²) in [5.74, 6) is 2.75. The third-order valence-electron chi connectivity index (χ3n) is 4.27. The number of fused-ring (bicyclic) bond motifs is 2. The minimum Gasteiger partial charge on any atom is -0.424 e. The summed E-state index contributed by atoms with van der Waals surface area (Å²) >= 11 is 0. The van der Waals surface area contributed by atoms with Crippen LogP contribution in [0.4, 0.5) is 6.01 Å². The van der Waals surface area contributed by atoms with Crippen molar-refractivity contribution >= 4 is 17.1 Å². The lowest BCUT2D eigenvalue weighted by Gasteiger charge is -2.24. The highest BCUT2D eigenvalue weighted by molar-refractivity contribution is 5.74. The van der Waals surface area contributed by atoms with Gasteiger partial charge in [-0.15, -0.1) is 10.2 Å². The lowest BCUT2D eigenvalue weighted by atomic mass is 9.99. The van der Waals surface area contributed by atoms with Crippen molar-refractivity contribution in [2.75, 3.05) is 11.9 Å². The molecule has 3 aromatic rings. The quantitative estimate of drug-likeness (QED) is 0.801. The average molecular weight is 297 g/mol. The first-order valence-corrected chi connectivity index (χ1v) is 7.84. The van der Waals surface area contributed by atoms with Crippen molar-refractivity contribution in [1.82, 2.24) is 19.7 Å². The third-order valence-corrected chi connectivity index (χ3v) is 4.27. The second-order valence-electron chi connectivity index (χ2n) is 5.77. The van der Waals surface area contributed by atoms with E-state index in [2.05, 4.69) is 32.0 Å². The molecule has 1 atom stereocenters. The molecule has 0 fully saturated rings. The first-order chi connectivity index (χ1) is 10.8. The maximum atomic E-state index is 5.70. The fourth-order valence-electron chi connectivity index (χ4n) is 3.06. The average Bonchev–Trinajstić information content (AvgIpc) is 3.15. The van der Waals surface area contributed by atoms with Crippen LogP contribution in [-0.2, 0) is 19.4 Å². The van der Waals surface area contributed by atoms with Crippen LogP contribution in [0.15, 0.2) is 28.7 Å². The summed E-state index contributed by atoms with van der Waals surface area (Å²) in [7, 11) is 0. The predicted molar refractivity (Wildman–Crippen MR) is 83.7 cm³/mol. The number of para-hydroxylation sites is 2. The van der Waals surface area contributed by atoms with Gasteiger partial charge in [0.2, 0.25) is 0 Å². The predicted octanol–water partition coefficient (Wildman–Crippen LogP) is 2.66. The number of nitrogens with one attached hydrogen (secondary N) is 1. The van der Waals surface area contributed by atoms with E-state index >= 15 is 0 Å². The minimum atomic E-state index is 0.545. The van der Waals surface area contributed by atoms with Crippen LogP contribution in [-0.4, -0.2) is 26.3 Å². The van der Waals surface area contributed by atoms with E-state index in [1.165, 1.54) is 0 Å². The molecule has 4 rings (SSSR count). The number of aromatic nitrogens is 4. The van der Waals surface area contributed by atoms with E-state index in [-0.39, 0.29) is 0 Å². The second kappa shape index (κ2) is 5.44. The molecule has 2 aromatic heterocycles. The number of aryl methyl sites for hydroxylation is 2. The van der Waals surface area contributed by atoms with Crippen molar-refractivity contribution in [2.45, 2.75) is 32.7 Å². The van der Waals surface area contributed by atoms with Crippen molar-refractivity contribution in [3.63, 3.8) is 0 Å². The smallest absolute Gasteiger partial charge is 0.295 e. The molecule has 6 heteroatoms. The number of rotatable bonds is 4. The lowest BCUT2D eigenvalue weighted by Crippen LogP contribution is -2.27. The molecule has 0 amide bonds. The van der Waals surface area contributed by atoms with Crippen molar-refractivity contribution < 1.29 is 4.42 Å². The Hall–Kier alpha value is -2.37. The summed E-state index contributed by atoms with van der Waals surface area (Å²) in [6.45, 7) is 3.95. The van der Waals surface area contributed by atoms with Gasteiger partial charge in [-0.25, -0.2) is 0 Å². The van der Waals surface area contributed by atoms with Crippen LogP contribution in [0.5, 0.6) is 0 Å². The number of anilines is 1. The molecule has 3 heterocycles. The van der Waals surface area contributed by atoms with Gasteiger partial charge < -0.3 is 14.3 Å². The minimum absolute atomic E-state index is 0.545. The monoisotopic (exact) mass is 297 g/mol. The largest absolute Gasteiger partial charge is 0.424 e. The van der Waals surface area contributed by atoms with Crippen LogP contribution < -0.4 is 5.32 Å². The summed E-state index contributed by atoms with van der Waals surface area (Å²) in [4.78, 5) is 4.46. The van der Waals surface area contributed by atoms with E-state index in [0.717, 1.165) is 55.1 Å². The fourth-order valence-corrected chi connectivity index (χ4v) is 3.06. The van der Waals surface area contributed by atoms with Gasteiger partial charge in [0.1, 0.15) is 17.2 Å². The molecule has 114 valence electrons. The van der Waals surface area contributed by atoms with Gasteiger partial charge in [-0.3, -0.25) is 0 Å². The number of hydrogen-bond acceptors (Lipinski definition) is 5. The van der Waals surface area contributed by atoms with Crippen LogP contribution in [0.1, 0.15) is 25.0 Å². The highest BCUT2D eigenvalue weighted by Gasteiger charge is 2.22. The normalized spacial score (nSPS) is 17.6. The van der Waals surface area contributed by atoms with E-state index in [9.17, 15) is 0 Å². The summed E-state index contributed by atoms with van der Waals surface area (Å²) in [5.41, 5.74) is 1.71. The zero-order chi connectivity index (χ0) is 14.9. The lowest BCUT2D eigenvalue weighted by molar-refractivity contribution is 0.372. The fraction of sp³-hybridized carbons (Fsp3) is 0.438. The molecule has 1 aliphatic heterocycles. The Morgan fingerprint density at radius 3 is 3.09 bits per heavy atom. The van der Waals surface area contributed by atoms with Crippen LogP contribution in [0, 0.1) is 5.92 Å². The van der Waals surface area contributed by atoms with Crippen molar-refractivity contribution in [3.8, 4) is 0 Å². The number of oxazole rings is 1. The van der Waals surface area contributed by atoms with Crippen LogP contribution in [0.3, 0.4) is 0 Å². The molecule has 0 saturated carbocycles. The number of nitrogens with zero attached hydrogens (tertiary/aromatic N) is 4. The molecule has 1 aliphatic rings. The van der Waals surface area contributed by atoms with Crippen LogP contribution in [0.2, 0.25) is 0 Å². The van der Waals surface area contributed by atoms with Gasteiger partial charge in [-0.1, -0.05) is 19.1 Å². The van der Waals surface area contributed by atoms with E-state index in [0.29, 0.717) is 11.9 Å². The van der Waals surface area contributed by atoms with Crippen LogP contribution >= 0.6 is 0 Å². The Morgan fingerprint density at radius 1 is 1.32 bits per heavy atom. The van der Waals surface area contributed by atoms with Gasteiger partial charge in [0.25, 0.3) is 6.01 Å². The molecule has 0 radical (unpaired) electrons. The summed E-state index contributed by atoms with van der Waals surface area (Å²) in [6.07, 6.45) is 3.04. The first kappa shape index (κ1) is 13.3. The molecule has 0 aliphatic carbocycles. The number of benzene rings is 1. The molecule has 0 unspecified atom stereocenters. The van der Waals surface area contributed by atoms with Gasteiger partial charge in [0.05, 0.1) is 0 Å². The highest BCUT2D eigenvalue weighted by Crippen LogP contribution is 2.22. The molecule has 0 spiro atoms. The molecule has 6 nitrogen and oxygen atoms in total. The third kappa shape index (κ3) is 2.34. The van der Waals surface area contributed by atoms with E-state index < -0.39 is 0 Å². The Kier molecular flexibility index (Phi) is 3.29. The molecule has 22 heavy (non-hydrogen) atoms. The van der Waals surface area contributed by atoms with Gasteiger partial charge in [-0.05, 0) is 24.5 Å². The van der Waals surface area contributed by atoms with Crippen LogP contribution in [0.25, 0.3) is 11.1 Å². The summed E-state index contributed by atoms with van der Waals surface area (Å²) in [6, 6.07) is 8.42. The zero-order valence-corrected chi connectivity index (χ0v) is 12.6. The van der Waals surface area contributed by atoms with E-state index in [4.69, 9.17) is 4.42 Å². The first-order valence-electron chi connectivity index (χ1n) is 7.84. The maximum absolute atomic E-state index is 5.70. The standard InChI is InChI=1S/C16H19N5O/c1-2-14-19-20-15-8-7-11(10-21(14)15)9-17-16-18-12-5-3-4-6-13(12)22-16/h3-6,11H,2,7-10H2,1H3,(H,17,18)/t11-/m0/s1.